The lowest BCUT2D eigenvalue weighted by molar-refractivity contribution is -0.142. The van der Waals surface area contributed by atoms with Crippen LogP contribution in [0.3, 0.4) is 0 Å². The molecule has 162 valence electrons. The monoisotopic (exact) mass is 410 g/mol. The quantitative estimate of drug-likeness (QED) is 0.675. The molecule has 1 atom stereocenters. The Labute approximate surface area is 180 Å². The molecule has 2 aromatic carbocycles. The molecule has 0 bridgehead atoms. The van der Waals surface area contributed by atoms with E-state index in [2.05, 4.69) is 5.32 Å². The fourth-order valence-corrected chi connectivity index (χ4v) is 3.04. The highest BCUT2D eigenvalue weighted by atomic mass is 16.5. The summed E-state index contributed by atoms with van der Waals surface area (Å²) in [4.78, 5) is 27.4. The number of amides is 2. The molecular formula is C25H34N2O3. The van der Waals surface area contributed by atoms with Gasteiger partial charge >= 0.3 is 0 Å². The Morgan fingerprint density at radius 1 is 0.967 bits per heavy atom. The number of benzene rings is 2. The van der Waals surface area contributed by atoms with Crippen molar-refractivity contribution in [3.63, 3.8) is 0 Å². The van der Waals surface area contributed by atoms with E-state index in [1.807, 2.05) is 77.1 Å². The average molecular weight is 411 g/mol. The number of rotatable bonds is 9. The van der Waals surface area contributed by atoms with Crippen LogP contribution < -0.4 is 10.1 Å². The number of carbonyl (C=O) groups is 2. The van der Waals surface area contributed by atoms with Crippen LogP contribution in [0, 0.1) is 26.7 Å². The molecule has 0 spiro atoms. The summed E-state index contributed by atoms with van der Waals surface area (Å²) in [5.74, 6) is 0.620. The number of hydrogen-bond donors (Lipinski definition) is 1. The van der Waals surface area contributed by atoms with Crippen LogP contribution in [0.15, 0.2) is 42.5 Å². The van der Waals surface area contributed by atoms with Crippen LogP contribution in [-0.2, 0) is 16.1 Å². The molecule has 0 aliphatic rings. The fraction of sp³-hybridized carbons (Fsp3) is 0.440. The van der Waals surface area contributed by atoms with Crippen molar-refractivity contribution in [3.8, 4) is 5.75 Å². The van der Waals surface area contributed by atoms with Crippen molar-refractivity contribution >= 4 is 11.8 Å². The number of ether oxygens (including phenoxy) is 1. The Kier molecular flexibility index (Phi) is 8.46. The van der Waals surface area contributed by atoms with E-state index < -0.39 is 6.04 Å². The van der Waals surface area contributed by atoms with Gasteiger partial charge < -0.3 is 15.0 Å². The predicted octanol–water partition coefficient (Wildman–Crippen LogP) is 4.18. The van der Waals surface area contributed by atoms with Crippen molar-refractivity contribution in [3.05, 3.63) is 64.7 Å². The van der Waals surface area contributed by atoms with Gasteiger partial charge in [0.2, 0.25) is 5.91 Å². The molecule has 2 rings (SSSR count). The summed E-state index contributed by atoms with van der Waals surface area (Å²) >= 11 is 0. The van der Waals surface area contributed by atoms with Crippen LogP contribution in [-0.4, -0.2) is 35.9 Å². The third kappa shape index (κ3) is 6.61. The highest BCUT2D eigenvalue weighted by Crippen LogP contribution is 2.18. The van der Waals surface area contributed by atoms with E-state index in [0.29, 0.717) is 24.8 Å². The van der Waals surface area contributed by atoms with Crippen molar-refractivity contribution in [2.24, 2.45) is 5.92 Å². The summed E-state index contributed by atoms with van der Waals surface area (Å²) in [5.41, 5.74) is 4.38. The second kappa shape index (κ2) is 10.8. The Morgan fingerprint density at radius 2 is 1.67 bits per heavy atom. The summed E-state index contributed by atoms with van der Waals surface area (Å²) in [5, 5.41) is 2.93. The number of nitrogens with zero attached hydrogens (tertiary/aromatic N) is 1. The van der Waals surface area contributed by atoms with E-state index in [-0.39, 0.29) is 18.4 Å². The van der Waals surface area contributed by atoms with Crippen LogP contribution >= 0.6 is 0 Å². The van der Waals surface area contributed by atoms with Crippen molar-refractivity contribution in [2.45, 2.75) is 54.1 Å². The molecule has 0 saturated heterocycles. The summed E-state index contributed by atoms with van der Waals surface area (Å²) in [7, 11) is 0. The summed E-state index contributed by atoms with van der Waals surface area (Å²) < 4.78 is 5.76. The van der Waals surface area contributed by atoms with E-state index >= 15 is 0 Å². The van der Waals surface area contributed by atoms with Gasteiger partial charge in [-0.1, -0.05) is 44.2 Å². The van der Waals surface area contributed by atoms with Gasteiger partial charge in [0.15, 0.2) is 6.61 Å². The minimum absolute atomic E-state index is 0.115. The summed E-state index contributed by atoms with van der Waals surface area (Å²) in [6.07, 6.45) is 0. The Morgan fingerprint density at radius 3 is 2.30 bits per heavy atom. The van der Waals surface area contributed by atoms with Gasteiger partial charge in [-0.05, 0) is 68.0 Å². The summed E-state index contributed by atoms with van der Waals surface area (Å²) in [6, 6.07) is 13.1. The first-order valence-corrected chi connectivity index (χ1v) is 10.5. The SMILES string of the molecule is Cc1ccc(OCC(=O)N(Cc2ccccc2C)C(C)C(=O)NCC(C)C)cc1C. The Hall–Kier alpha value is -2.82. The third-order valence-electron chi connectivity index (χ3n) is 5.29. The van der Waals surface area contributed by atoms with Gasteiger partial charge in [0.1, 0.15) is 11.8 Å². The molecule has 0 radical (unpaired) electrons. The van der Waals surface area contributed by atoms with Gasteiger partial charge in [-0.2, -0.15) is 0 Å². The molecule has 0 aromatic heterocycles. The zero-order chi connectivity index (χ0) is 22.3. The molecule has 0 aliphatic carbocycles. The molecular weight excluding hydrogens is 376 g/mol. The number of carbonyl (C=O) groups excluding carboxylic acids is 2. The van der Waals surface area contributed by atoms with Gasteiger partial charge in [-0.3, -0.25) is 9.59 Å². The highest BCUT2D eigenvalue weighted by molar-refractivity contribution is 5.88. The standard InChI is InChI=1S/C25H34N2O3/c1-17(2)14-26-25(29)21(6)27(15-22-10-8-7-9-19(22)4)24(28)16-30-23-12-11-18(3)20(5)13-23/h7-13,17,21H,14-16H2,1-6H3,(H,26,29). The van der Waals surface area contributed by atoms with E-state index in [0.717, 1.165) is 16.7 Å². The molecule has 0 fully saturated rings. The zero-order valence-corrected chi connectivity index (χ0v) is 19.0. The number of nitrogens with one attached hydrogen (secondary N) is 1. The van der Waals surface area contributed by atoms with Gasteiger partial charge in [-0.25, -0.2) is 0 Å². The maximum atomic E-state index is 13.1. The Balaban J connectivity index is 2.16. The fourth-order valence-electron chi connectivity index (χ4n) is 3.04. The number of aryl methyl sites for hydroxylation is 3. The van der Waals surface area contributed by atoms with Crippen LogP contribution in [0.25, 0.3) is 0 Å². The zero-order valence-electron chi connectivity index (χ0n) is 19.0. The summed E-state index contributed by atoms with van der Waals surface area (Å²) in [6.45, 7) is 12.7. The molecule has 2 amide bonds. The lowest BCUT2D eigenvalue weighted by Gasteiger charge is -2.29. The van der Waals surface area contributed by atoms with Crippen molar-refractivity contribution < 1.29 is 14.3 Å². The van der Waals surface area contributed by atoms with Crippen LogP contribution in [0.1, 0.15) is 43.0 Å². The van der Waals surface area contributed by atoms with Crippen LogP contribution in [0.5, 0.6) is 5.75 Å². The molecule has 30 heavy (non-hydrogen) atoms. The molecule has 0 heterocycles. The van der Waals surface area contributed by atoms with E-state index in [1.165, 1.54) is 5.56 Å². The lowest BCUT2D eigenvalue weighted by Crippen LogP contribution is -2.49. The van der Waals surface area contributed by atoms with Gasteiger partial charge in [0.25, 0.3) is 5.91 Å². The van der Waals surface area contributed by atoms with Crippen molar-refractivity contribution in [1.29, 1.82) is 0 Å². The van der Waals surface area contributed by atoms with E-state index in [4.69, 9.17) is 4.74 Å². The predicted molar refractivity (Wildman–Crippen MR) is 120 cm³/mol. The van der Waals surface area contributed by atoms with Gasteiger partial charge in [0, 0.05) is 13.1 Å². The van der Waals surface area contributed by atoms with E-state index in [9.17, 15) is 9.59 Å². The lowest BCUT2D eigenvalue weighted by atomic mass is 10.1. The van der Waals surface area contributed by atoms with E-state index in [1.54, 1.807) is 11.8 Å². The second-order valence-corrected chi connectivity index (χ2v) is 8.30. The minimum atomic E-state index is -0.598. The smallest absolute Gasteiger partial charge is 0.261 e. The van der Waals surface area contributed by atoms with Crippen molar-refractivity contribution in [2.75, 3.05) is 13.2 Å². The third-order valence-corrected chi connectivity index (χ3v) is 5.29. The largest absolute Gasteiger partial charge is 0.484 e. The Bertz CT molecular complexity index is 876. The highest BCUT2D eigenvalue weighted by Gasteiger charge is 2.27. The topological polar surface area (TPSA) is 58.6 Å². The normalized spacial score (nSPS) is 11.8. The van der Waals surface area contributed by atoms with Crippen molar-refractivity contribution in [1.82, 2.24) is 10.2 Å². The molecule has 0 aliphatic heterocycles. The molecule has 5 nitrogen and oxygen atoms in total. The molecule has 2 aromatic rings. The average Bonchev–Trinajstić information content (AvgIpc) is 2.71. The maximum absolute atomic E-state index is 13.1. The van der Waals surface area contributed by atoms with Crippen LogP contribution in [0.2, 0.25) is 0 Å². The first kappa shape index (κ1) is 23.5. The van der Waals surface area contributed by atoms with Crippen LogP contribution in [0.4, 0.5) is 0 Å². The second-order valence-electron chi connectivity index (χ2n) is 8.30. The van der Waals surface area contributed by atoms with Gasteiger partial charge in [0.05, 0.1) is 0 Å². The minimum Gasteiger partial charge on any atom is -0.484 e. The molecule has 0 saturated carbocycles. The first-order valence-electron chi connectivity index (χ1n) is 10.5. The molecule has 1 N–H and O–H groups in total. The molecule has 1 unspecified atom stereocenters. The molecule has 5 heteroatoms. The van der Waals surface area contributed by atoms with Gasteiger partial charge in [-0.15, -0.1) is 0 Å². The first-order chi connectivity index (χ1) is 14.2. The number of hydrogen-bond acceptors (Lipinski definition) is 3. The maximum Gasteiger partial charge on any atom is 0.261 e.